The lowest BCUT2D eigenvalue weighted by atomic mass is 10.1. The molecule has 0 bridgehead atoms. The average molecular weight is 428 g/mol. The minimum atomic E-state index is -3.96. The Morgan fingerprint density at radius 3 is 2.68 bits per heavy atom. The molecule has 1 heterocycles. The number of amides is 1. The number of hydrogen-bond acceptors (Lipinski definition) is 4. The van der Waals surface area contributed by atoms with Crippen LogP contribution in [0.15, 0.2) is 47.4 Å². The Bertz CT molecular complexity index is 969. The number of anilines is 1. The molecule has 1 fully saturated rings. The van der Waals surface area contributed by atoms with Crippen molar-refractivity contribution < 1.29 is 17.6 Å². The maximum atomic E-state index is 13.7. The molecular weight excluding hydrogens is 405 g/mol. The molecule has 9 heteroatoms. The largest absolute Gasteiger partial charge is 0.333 e. The Labute approximate surface area is 170 Å². The van der Waals surface area contributed by atoms with E-state index in [2.05, 4.69) is 10.0 Å². The summed E-state index contributed by atoms with van der Waals surface area (Å²) in [7, 11) is -3.96. The molecule has 6 nitrogen and oxygen atoms in total. The van der Waals surface area contributed by atoms with Crippen molar-refractivity contribution >= 4 is 34.0 Å². The number of sulfonamides is 1. The summed E-state index contributed by atoms with van der Waals surface area (Å²) in [4.78, 5) is 14.3. The summed E-state index contributed by atoms with van der Waals surface area (Å²) in [6.45, 7) is 5.56. The number of hydrogen-bond donors (Lipinski definition) is 2. The third kappa shape index (κ3) is 4.81. The predicted molar refractivity (Wildman–Crippen MR) is 109 cm³/mol. The molecule has 2 aromatic rings. The second-order valence-corrected chi connectivity index (χ2v) is 8.33. The van der Waals surface area contributed by atoms with Crippen LogP contribution in [0.3, 0.4) is 0 Å². The number of rotatable bonds is 4. The van der Waals surface area contributed by atoms with Crippen LogP contribution in [-0.4, -0.2) is 44.9 Å². The highest BCUT2D eigenvalue weighted by Crippen LogP contribution is 2.20. The van der Waals surface area contributed by atoms with Crippen molar-refractivity contribution in [2.24, 2.45) is 0 Å². The van der Waals surface area contributed by atoms with Gasteiger partial charge in [-0.05, 0) is 49.7 Å². The summed E-state index contributed by atoms with van der Waals surface area (Å²) < 4.78 is 41.2. The van der Waals surface area contributed by atoms with Gasteiger partial charge in [0.1, 0.15) is 5.82 Å². The molecule has 0 spiro atoms. The first-order valence-corrected chi connectivity index (χ1v) is 10.2. The molecule has 152 valence electrons. The van der Waals surface area contributed by atoms with Crippen molar-refractivity contribution in [3.63, 3.8) is 0 Å². The SMILES string of the molecule is Cc1ccc(S(=O)(=O)Nc2cccc(C(=O)N3CCNC[C@H]3C)c2)cc1F.Cl. The Hall–Kier alpha value is -2.16. The number of nitrogens with one attached hydrogen (secondary N) is 2. The minimum Gasteiger partial charge on any atom is -0.333 e. The average Bonchev–Trinajstić information content (AvgIpc) is 2.63. The van der Waals surface area contributed by atoms with Crippen LogP contribution < -0.4 is 10.0 Å². The molecule has 1 aliphatic rings. The molecule has 0 aliphatic carbocycles. The zero-order chi connectivity index (χ0) is 19.6. The van der Waals surface area contributed by atoms with E-state index in [1.54, 1.807) is 30.0 Å². The second-order valence-electron chi connectivity index (χ2n) is 6.65. The van der Waals surface area contributed by atoms with Gasteiger partial charge in [-0.15, -0.1) is 12.4 Å². The van der Waals surface area contributed by atoms with E-state index in [9.17, 15) is 17.6 Å². The summed E-state index contributed by atoms with van der Waals surface area (Å²) in [5.41, 5.74) is 1.02. The highest BCUT2D eigenvalue weighted by molar-refractivity contribution is 7.92. The molecule has 0 aromatic heterocycles. The van der Waals surface area contributed by atoms with E-state index in [4.69, 9.17) is 0 Å². The maximum absolute atomic E-state index is 13.7. The van der Waals surface area contributed by atoms with Gasteiger partial charge in [0.05, 0.1) is 4.90 Å². The Morgan fingerprint density at radius 2 is 2.00 bits per heavy atom. The van der Waals surface area contributed by atoms with Crippen LogP contribution in [0.1, 0.15) is 22.8 Å². The molecule has 2 aromatic carbocycles. The van der Waals surface area contributed by atoms with Crippen molar-refractivity contribution in [3.05, 3.63) is 59.4 Å². The van der Waals surface area contributed by atoms with E-state index < -0.39 is 15.8 Å². The summed E-state index contributed by atoms with van der Waals surface area (Å²) in [6, 6.07) is 10.1. The zero-order valence-electron chi connectivity index (χ0n) is 15.6. The number of nitrogens with zero attached hydrogens (tertiary/aromatic N) is 1. The molecule has 1 aliphatic heterocycles. The molecule has 1 amide bonds. The molecule has 1 saturated heterocycles. The molecule has 28 heavy (non-hydrogen) atoms. The quantitative estimate of drug-likeness (QED) is 0.786. The fraction of sp³-hybridized carbons (Fsp3) is 0.316. The Kier molecular flexibility index (Phi) is 7.03. The molecular formula is C19H23ClFN3O3S. The maximum Gasteiger partial charge on any atom is 0.261 e. The van der Waals surface area contributed by atoms with Gasteiger partial charge in [0.15, 0.2) is 0 Å². The minimum absolute atomic E-state index is 0. The van der Waals surface area contributed by atoms with Gasteiger partial charge < -0.3 is 10.2 Å². The highest BCUT2D eigenvalue weighted by atomic mass is 35.5. The fourth-order valence-electron chi connectivity index (χ4n) is 2.98. The van der Waals surface area contributed by atoms with Crippen LogP contribution in [0.25, 0.3) is 0 Å². The lowest BCUT2D eigenvalue weighted by Gasteiger charge is -2.34. The van der Waals surface area contributed by atoms with Crippen LogP contribution in [0, 0.1) is 12.7 Å². The Balaban J connectivity index is 0.00000280. The van der Waals surface area contributed by atoms with Gasteiger partial charge in [-0.3, -0.25) is 9.52 Å². The first-order chi connectivity index (χ1) is 12.8. The molecule has 2 N–H and O–H groups in total. The normalized spacial score (nSPS) is 17.0. The summed E-state index contributed by atoms with van der Waals surface area (Å²) >= 11 is 0. The molecule has 0 unspecified atom stereocenters. The van der Waals surface area contributed by atoms with Gasteiger partial charge in [-0.1, -0.05) is 12.1 Å². The first-order valence-electron chi connectivity index (χ1n) is 8.68. The number of carbonyl (C=O) groups excluding carboxylic acids is 1. The molecule has 3 rings (SSSR count). The van der Waals surface area contributed by atoms with Gasteiger partial charge in [-0.2, -0.15) is 0 Å². The van der Waals surface area contributed by atoms with E-state index in [0.717, 1.165) is 19.2 Å². The number of carbonyl (C=O) groups is 1. The van der Waals surface area contributed by atoms with Gasteiger partial charge in [0, 0.05) is 36.9 Å². The highest BCUT2D eigenvalue weighted by Gasteiger charge is 2.24. The van der Waals surface area contributed by atoms with Crippen molar-refractivity contribution in [1.82, 2.24) is 10.2 Å². The summed E-state index contributed by atoms with van der Waals surface area (Å²) in [6.07, 6.45) is 0. The zero-order valence-corrected chi connectivity index (χ0v) is 17.2. The van der Waals surface area contributed by atoms with E-state index in [0.29, 0.717) is 17.7 Å². The van der Waals surface area contributed by atoms with Gasteiger partial charge in [0.25, 0.3) is 15.9 Å². The molecule has 0 saturated carbocycles. The topological polar surface area (TPSA) is 78.5 Å². The van der Waals surface area contributed by atoms with E-state index in [1.165, 1.54) is 18.2 Å². The number of aryl methyl sites for hydroxylation is 1. The predicted octanol–water partition coefficient (Wildman–Crippen LogP) is 2.79. The number of piperazine rings is 1. The van der Waals surface area contributed by atoms with Crippen molar-refractivity contribution in [3.8, 4) is 0 Å². The smallest absolute Gasteiger partial charge is 0.261 e. The van der Waals surface area contributed by atoms with Crippen LogP contribution in [0.5, 0.6) is 0 Å². The van der Waals surface area contributed by atoms with Crippen molar-refractivity contribution in [2.75, 3.05) is 24.4 Å². The molecule has 0 radical (unpaired) electrons. The van der Waals surface area contributed by atoms with Crippen LogP contribution in [0.4, 0.5) is 10.1 Å². The monoisotopic (exact) mass is 427 g/mol. The third-order valence-corrected chi connectivity index (χ3v) is 5.96. The van der Waals surface area contributed by atoms with Crippen molar-refractivity contribution in [2.45, 2.75) is 24.8 Å². The van der Waals surface area contributed by atoms with E-state index >= 15 is 0 Å². The number of halogens is 2. The fourth-order valence-corrected chi connectivity index (χ4v) is 4.04. The lowest BCUT2D eigenvalue weighted by molar-refractivity contribution is 0.0656. The lowest BCUT2D eigenvalue weighted by Crippen LogP contribution is -2.52. The van der Waals surface area contributed by atoms with Crippen LogP contribution in [-0.2, 0) is 10.0 Å². The van der Waals surface area contributed by atoms with Crippen molar-refractivity contribution in [1.29, 1.82) is 0 Å². The van der Waals surface area contributed by atoms with Gasteiger partial charge in [-0.25, -0.2) is 12.8 Å². The number of benzene rings is 2. The van der Waals surface area contributed by atoms with Gasteiger partial charge in [0.2, 0.25) is 0 Å². The summed E-state index contributed by atoms with van der Waals surface area (Å²) in [5.74, 6) is -0.735. The Morgan fingerprint density at radius 1 is 1.25 bits per heavy atom. The van der Waals surface area contributed by atoms with Gasteiger partial charge >= 0.3 is 0 Å². The van der Waals surface area contributed by atoms with E-state index in [1.807, 2.05) is 6.92 Å². The van der Waals surface area contributed by atoms with Crippen LogP contribution in [0.2, 0.25) is 0 Å². The molecule has 1 atom stereocenters. The first kappa shape index (κ1) is 22.1. The summed E-state index contributed by atoms with van der Waals surface area (Å²) in [5, 5.41) is 3.22. The van der Waals surface area contributed by atoms with Crippen LogP contribution >= 0.6 is 12.4 Å². The standard InChI is InChI=1S/C19H22FN3O3S.ClH/c1-13-6-7-17(11-18(13)20)27(25,26)22-16-5-3-4-15(10-16)19(24)23-9-8-21-12-14(23)2;/h3-7,10-11,14,21-22H,8-9,12H2,1-2H3;1H/t14-;/m1./s1. The van der Waals surface area contributed by atoms with E-state index in [-0.39, 0.29) is 34.9 Å². The second kappa shape index (κ2) is 8.89. The third-order valence-electron chi connectivity index (χ3n) is 4.58.